The number of rotatable bonds is 12. The Kier molecular flexibility index (Phi) is 20.6. The molecule has 0 fully saturated rings. The van der Waals surface area contributed by atoms with E-state index in [0.717, 1.165) is 64.7 Å². The Balaban J connectivity index is 0.000000422. The molecule has 0 aliphatic rings. The summed E-state index contributed by atoms with van der Waals surface area (Å²) in [6.07, 6.45) is -9.01. The molecule has 0 saturated carbocycles. The van der Waals surface area contributed by atoms with Crippen LogP contribution in [0.3, 0.4) is 0 Å². The zero-order valence-electron chi connectivity index (χ0n) is 27.6. The summed E-state index contributed by atoms with van der Waals surface area (Å²) in [7, 11) is 0. The van der Waals surface area contributed by atoms with Crippen molar-refractivity contribution >= 4 is 73.2 Å². The van der Waals surface area contributed by atoms with E-state index in [1.807, 2.05) is 43.3 Å². The summed E-state index contributed by atoms with van der Waals surface area (Å²) < 4.78 is 78.4. The van der Waals surface area contributed by atoms with Gasteiger partial charge >= 0.3 is 50.1 Å². The quantitative estimate of drug-likeness (QED) is 0.0689. The molecule has 0 heterocycles. The maximum absolute atomic E-state index is 12.5. The van der Waals surface area contributed by atoms with Crippen LogP contribution in [0.25, 0.3) is 0 Å². The van der Waals surface area contributed by atoms with Crippen molar-refractivity contribution in [2.24, 2.45) is 0 Å². The monoisotopic (exact) mass is 780 g/mol. The normalized spacial score (nSPS) is 11.5. The van der Waals surface area contributed by atoms with Gasteiger partial charge in [-0.1, -0.05) is 36.4 Å². The van der Waals surface area contributed by atoms with E-state index >= 15 is 0 Å². The second kappa shape index (κ2) is 22.8. The molecule has 0 spiro atoms. The van der Waals surface area contributed by atoms with Crippen LogP contribution in [0, 0.1) is 13.8 Å². The average molecular weight is 781 g/mol. The van der Waals surface area contributed by atoms with Crippen LogP contribution >= 0.6 is 23.5 Å². The fourth-order valence-corrected chi connectivity index (χ4v) is 5.87. The maximum Gasteiger partial charge on any atom is 2.00 e. The van der Waals surface area contributed by atoms with E-state index in [-0.39, 0.29) is 62.1 Å². The SMILES string of the molecule is Cc1ccccc1SCCCC(=O)[O-].Cc1ccccc1SCC[C@@H](Oc1ccc(C(F)(F)F)cc1)C(=O)[O-].Oc1ccc(C(F)(F)F)cc1.[Ca+2]. The summed E-state index contributed by atoms with van der Waals surface area (Å²) in [5, 5.41) is 30.0. The van der Waals surface area contributed by atoms with Gasteiger partial charge in [0.1, 0.15) is 17.6 Å². The van der Waals surface area contributed by atoms with Gasteiger partial charge in [0.05, 0.1) is 17.1 Å². The van der Waals surface area contributed by atoms with E-state index < -0.39 is 41.5 Å². The van der Waals surface area contributed by atoms with Crippen LogP contribution in [-0.2, 0) is 21.9 Å². The van der Waals surface area contributed by atoms with E-state index in [4.69, 9.17) is 9.84 Å². The van der Waals surface area contributed by atoms with Gasteiger partial charge in [-0.3, -0.25) is 0 Å². The Morgan fingerprint density at radius 1 is 0.706 bits per heavy atom. The number of hydrogen-bond acceptors (Lipinski definition) is 8. The molecule has 4 aromatic rings. The molecule has 270 valence electrons. The zero-order valence-corrected chi connectivity index (χ0v) is 31.5. The van der Waals surface area contributed by atoms with Gasteiger partial charge in [-0.05, 0) is 111 Å². The molecule has 4 aromatic carbocycles. The van der Waals surface area contributed by atoms with Crippen LogP contribution < -0.4 is 14.9 Å². The van der Waals surface area contributed by atoms with Gasteiger partial charge < -0.3 is 29.6 Å². The van der Waals surface area contributed by atoms with Gasteiger partial charge in [0.2, 0.25) is 0 Å². The molecular weight excluding hydrogens is 747 g/mol. The Morgan fingerprint density at radius 3 is 1.55 bits per heavy atom. The molecule has 0 aliphatic heterocycles. The third-order valence-corrected chi connectivity index (χ3v) is 9.00. The molecule has 0 radical (unpaired) electrons. The number of carboxylic acid groups (broad SMARTS) is 2. The first kappa shape index (κ1) is 46.0. The van der Waals surface area contributed by atoms with Crippen LogP contribution in [0.1, 0.15) is 41.5 Å². The van der Waals surface area contributed by atoms with E-state index in [9.17, 15) is 46.1 Å². The number of alkyl halides is 6. The molecule has 0 bridgehead atoms. The van der Waals surface area contributed by atoms with Crippen molar-refractivity contribution in [2.75, 3.05) is 11.5 Å². The van der Waals surface area contributed by atoms with Crippen molar-refractivity contribution in [1.82, 2.24) is 0 Å². The number of carbonyl (C=O) groups excluding carboxylic acids is 2. The molecule has 6 nitrogen and oxygen atoms in total. The Morgan fingerprint density at radius 2 is 1.14 bits per heavy atom. The summed E-state index contributed by atoms with van der Waals surface area (Å²) in [5.41, 5.74) is 0.752. The van der Waals surface area contributed by atoms with E-state index in [0.29, 0.717) is 12.2 Å². The van der Waals surface area contributed by atoms with Crippen molar-refractivity contribution in [3.05, 3.63) is 119 Å². The first-order valence-corrected chi connectivity index (χ1v) is 16.9. The molecule has 0 unspecified atom stereocenters. The van der Waals surface area contributed by atoms with Crippen LogP contribution in [0.4, 0.5) is 26.3 Å². The van der Waals surface area contributed by atoms with Crippen molar-refractivity contribution in [3.63, 3.8) is 0 Å². The molecule has 0 aromatic heterocycles. The van der Waals surface area contributed by atoms with Gasteiger partial charge in [0.15, 0.2) is 0 Å². The first-order valence-electron chi connectivity index (χ1n) is 14.9. The number of carbonyl (C=O) groups is 2. The summed E-state index contributed by atoms with van der Waals surface area (Å²) in [6, 6.07) is 23.4. The molecule has 51 heavy (non-hydrogen) atoms. The van der Waals surface area contributed by atoms with Crippen molar-refractivity contribution in [1.29, 1.82) is 0 Å². The Labute approximate surface area is 330 Å². The first-order chi connectivity index (χ1) is 23.5. The van der Waals surface area contributed by atoms with Gasteiger partial charge in [-0.15, -0.1) is 23.5 Å². The van der Waals surface area contributed by atoms with Crippen molar-refractivity contribution in [3.8, 4) is 11.5 Å². The predicted molar refractivity (Wildman–Crippen MR) is 182 cm³/mol. The summed E-state index contributed by atoms with van der Waals surface area (Å²) in [5.74, 6) is -1.16. The van der Waals surface area contributed by atoms with Gasteiger partial charge in [-0.2, -0.15) is 26.3 Å². The number of aromatic hydroxyl groups is 1. The molecular formula is C36H34CaF6O6S2. The van der Waals surface area contributed by atoms with E-state index in [1.165, 1.54) is 22.2 Å². The maximum atomic E-state index is 12.5. The minimum Gasteiger partial charge on any atom is -0.550 e. The number of phenols is 1. The fourth-order valence-electron chi connectivity index (χ4n) is 3.87. The van der Waals surface area contributed by atoms with Crippen LogP contribution in [0.15, 0.2) is 107 Å². The van der Waals surface area contributed by atoms with Gasteiger partial charge in [0, 0.05) is 21.5 Å². The number of aliphatic carboxylic acids is 2. The molecule has 1 N–H and O–H groups in total. The molecule has 1 atom stereocenters. The second-order valence-corrected chi connectivity index (χ2v) is 12.8. The molecule has 4 rings (SSSR count). The van der Waals surface area contributed by atoms with Gasteiger partial charge in [-0.25, -0.2) is 0 Å². The summed E-state index contributed by atoms with van der Waals surface area (Å²) in [4.78, 5) is 23.6. The van der Waals surface area contributed by atoms with E-state index in [2.05, 4.69) is 19.1 Å². The topological polar surface area (TPSA) is 110 Å². The number of aryl methyl sites for hydroxylation is 2. The number of ether oxygens (including phenoxy) is 1. The summed E-state index contributed by atoms with van der Waals surface area (Å²) in [6.45, 7) is 4.01. The minimum atomic E-state index is -4.45. The number of halogens is 6. The number of phenolic OH excluding ortho intramolecular Hbond substituents is 1. The second-order valence-electron chi connectivity index (χ2n) is 10.5. The predicted octanol–water partition coefficient (Wildman–Crippen LogP) is 7.34. The molecule has 0 saturated heterocycles. The van der Waals surface area contributed by atoms with Crippen LogP contribution in [-0.4, -0.2) is 72.4 Å². The zero-order chi connectivity index (χ0) is 37.3. The summed E-state index contributed by atoms with van der Waals surface area (Å²) >= 11 is 3.19. The standard InChI is InChI=1S/C18H17F3O3S.C11H14O2S.C7H5F3O.Ca/c1-12-4-2-3-5-16(12)25-11-10-15(17(22)23)24-14-8-6-13(7-9-14)18(19,20)21;1-9-5-2-3-6-10(9)14-8-4-7-11(12)13;8-7(9,10)5-1-3-6(11)4-2-5;/h2-9,15H,10-11H2,1H3,(H,22,23);2-3,5-6H,4,7-8H2,1H3,(H,12,13);1-4,11H;/q;;;+2/p-2/t15-;;;/m1.../s1. The van der Waals surface area contributed by atoms with Crippen LogP contribution in [0.5, 0.6) is 11.5 Å². The van der Waals surface area contributed by atoms with Crippen LogP contribution in [0.2, 0.25) is 0 Å². The smallest absolute Gasteiger partial charge is 0.550 e. The average Bonchev–Trinajstić information content (AvgIpc) is 3.04. The number of thioether (sulfide) groups is 2. The Hall–Kier alpha value is -3.04. The molecule has 0 amide bonds. The third kappa shape index (κ3) is 18.3. The minimum absolute atomic E-state index is 0. The number of hydrogen-bond donors (Lipinski definition) is 1. The van der Waals surface area contributed by atoms with Gasteiger partial charge in [0.25, 0.3) is 0 Å². The fraction of sp³-hybridized carbons (Fsp3) is 0.278. The number of benzene rings is 4. The van der Waals surface area contributed by atoms with E-state index in [1.54, 1.807) is 11.8 Å². The van der Waals surface area contributed by atoms with Crippen molar-refractivity contribution < 1.29 is 56.0 Å². The number of carboxylic acids is 2. The molecule has 15 heteroatoms. The molecule has 0 aliphatic carbocycles. The Bertz CT molecular complexity index is 1640. The van der Waals surface area contributed by atoms with Crippen molar-refractivity contribution in [2.45, 2.75) is 61.4 Å². The largest absolute Gasteiger partial charge is 2.00 e. The third-order valence-electron chi connectivity index (χ3n) is 6.53.